The molecule has 2 nitrogen and oxygen atoms in total. The molecule has 0 fully saturated rings. The molecule has 0 radical (unpaired) electrons. The number of nitrogens with two attached hydrogens (primary N) is 2. The zero-order valence-corrected chi connectivity index (χ0v) is 7.03. The van der Waals surface area contributed by atoms with Crippen LogP contribution in [0.1, 0.15) is 12.8 Å². The fraction of sp³-hybridized carbons (Fsp3) is 0.400. The maximum Gasteiger partial charge on any atom is 0.0247 e. The molecule has 2 aliphatic carbocycles. The molecule has 0 spiro atoms. The van der Waals surface area contributed by atoms with Crippen LogP contribution in [0.5, 0.6) is 0 Å². The Labute approximate surface area is 72.6 Å². The summed E-state index contributed by atoms with van der Waals surface area (Å²) in [7, 11) is 0. The van der Waals surface area contributed by atoms with Gasteiger partial charge in [0.1, 0.15) is 0 Å². The molecule has 0 aromatic carbocycles. The maximum absolute atomic E-state index is 5.88. The summed E-state index contributed by atoms with van der Waals surface area (Å²) in [5.41, 5.74) is 13.7. The van der Waals surface area contributed by atoms with Gasteiger partial charge in [-0.05, 0) is 25.0 Å². The molecule has 0 aromatic rings. The van der Waals surface area contributed by atoms with Crippen molar-refractivity contribution in [1.82, 2.24) is 0 Å². The Hall–Kier alpha value is -1.18. The normalized spacial score (nSPS) is 33.7. The van der Waals surface area contributed by atoms with E-state index in [1.807, 2.05) is 12.2 Å². The lowest BCUT2D eigenvalue weighted by atomic mass is 9.77. The standard InChI is InChI=1S/C10H14N2/c11-9-5-6-10(12)8-4-2-1-3-7(8)9/h1,3,5-8H,2,4,11-12H2. The number of hydrogen-bond donors (Lipinski definition) is 2. The zero-order chi connectivity index (χ0) is 8.55. The molecule has 2 atom stereocenters. The van der Waals surface area contributed by atoms with E-state index in [1.165, 1.54) is 0 Å². The summed E-state index contributed by atoms with van der Waals surface area (Å²) in [6.45, 7) is 0. The molecule has 2 heteroatoms. The number of rotatable bonds is 0. The second kappa shape index (κ2) is 2.70. The third-order valence-electron chi connectivity index (χ3n) is 2.70. The van der Waals surface area contributed by atoms with E-state index in [0.717, 1.165) is 24.2 Å². The maximum atomic E-state index is 5.88. The fourth-order valence-electron chi connectivity index (χ4n) is 1.98. The van der Waals surface area contributed by atoms with Gasteiger partial charge < -0.3 is 11.5 Å². The molecule has 12 heavy (non-hydrogen) atoms. The molecule has 0 saturated carbocycles. The van der Waals surface area contributed by atoms with Crippen molar-refractivity contribution in [2.45, 2.75) is 12.8 Å². The Morgan fingerprint density at radius 2 is 1.92 bits per heavy atom. The molecule has 0 aliphatic heterocycles. The van der Waals surface area contributed by atoms with Crippen LogP contribution in [0.2, 0.25) is 0 Å². The van der Waals surface area contributed by atoms with Gasteiger partial charge in [-0.3, -0.25) is 0 Å². The van der Waals surface area contributed by atoms with Crippen LogP contribution in [-0.2, 0) is 0 Å². The predicted molar refractivity (Wildman–Crippen MR) is 49.9 cm³/mol. The third-order valence-corrected chi connectivity index (χ3v) is 2.70. The lowest BCUT2D eigenvalue weighted by molar-refractivity contribution is 0.441. The highest BCUT2D eigenvalue weighted by atomic mass is 14.7. The molecule has 0 bridgehead atoms. The van der Waals surface area contributed by atoms with Crippen molar-refractivity contribution in [2.24, 2.45) is 23.3 Å². The molecular weight excluding hydrogens is 148 g/mol. The van der Waals surface area contributed by atoms with E-state index in [9.17, 15) is 0 Å². The van der Waals surface area contributed by atoms with Crippen molar-refractivity contribution < 1.29 is 0 Å². The summed E-state index contributed by atoms with van der Waals surface area (Å²) >= 11 is 0. The summed E-state index contributed by atoms with van der Waals surface area (Å²) < 4.78 is 0. The van der Waals surface area contributed by atoms with Gasteiger partial charge in [0.15, 0.2) is 0 Å². The number of fused-ring (bicyclic) bond motifs is 1. The molecule has 64 valence electrons. The van der Waals surface area contributed by atoms with Gasteiger partial charge in [-0.15, -0.1) is 0 Å². The summed E-state index contributed by atoms with van der Waals surface area (Å²) in [5.74, 6) is 0.823. The van der Waals surface area contributed by atoms with Crippen LogP contribution < -0.4 is 11.5 Å². The van der Waals surface area contributed by atoms with Gasteiger partial charge in [0, 0.05) is 23.2 Å². The molecule has 0 saturated heterocycles. The van der Waals surface area contributed by atoms with Gasteiger partial charge in [-0.2, -0.15) is 0 Å². The van der Waals surface area contributed by atoms with Crippen LogP contribution in [0.25, 0.3) is 0 Å². The Kier molecular flexibility index (Phi) is 1.68. The highest BCUT2D eigenvalue weighted by Gasteiger charge is 2.27. The predicted octanol–water partition coefficient (Wildman–Crippen LogP) is 1.27. The van der Waals surface area contributed by atoms with Gasteiger partial charge in [0.2, 0.25) is 0 Å². The van der Waals surface area contributed by atoms with Gasteiger partial charge in [-0.25, -0.2) is 0 Å². The van der Waals surface area contributed by atoms with Crippen molar-refractivity contribution in [1.29, 1.82) is 0 Å². The monoisotopic (exact) mass is 162 g/mol. The van der Waals surface area contributed by atoms with Gasteiger partial charge in [-0.1, -0.05) is 12.2 Å². The van der Waals surface area contributed by atoms with Crippen LogP contribution in [0.4, 0.5) is 0 Å². The van der Waals surface area contributed by atoms with Crippen molar-refractivity contribution in [3.8, 4) is 0 Å². The lowest BCUT2D eigenvalue weighted by Gasteiger charge is -2.30. The molecule has 0 aromatic heterocycles. The first-order chi connectivity index (χ1) is 5.79. The Balaban J connectivity index is 2.34. The van der Waals surface area contributed by atoms with Crippen LogP contribution >= 0.6 is 0 Å². The van der Waals surface area contributed by atoms with Crippen LogP contribution in [0.15, 0.2) is 35.7 Å². The number of hydrogen-bond acceptors (Lipinski definition) is 2. The van der Waals surface area contributed by atoms with Gasteiger partial charge in [0.25, 0.3) is 0 Å². The third kappa shape index (κ3) is 1.04. The quantitative estimate of drug-likeness (QED) is 0.527. The first-order valence-corrected chi connectivity index (χ1v) is 4.38. The highest BCUT2D eigenvalue weighted by Crippen LogP contribution is 2.34. The fourth-order valence-corrected chi connectivity index (χ4v) is 1.98. The molecule has 2 unspecified atom stereocenters. The van der Waals surface area contributed by atoms with Crippen molar-refractivity contribution >= 4 is 0 Å². The largest absolute Gasteiger partial charge is 0.402 e. The first kappa shape index (κ1) is 7.47. The Bertz CT molecular complexity index is 274. The van der Waals surface area contributed by atoms with E-state index in [0.29, 0.717) is 11.8 Å². The highest BCUT2D eigenvalue weighted by molar-refractivity contribution is 5.30. The lowest BCUT2D eigenvalue weighted by Crippen LogP contribution is -2.29. The second-order valence-corrected chi connectivity index (χ2v) is 3.47. The van der Waals surface area contributed by atoms with E-state index >= 15 is 0 Å². The van der Waals surface area contributed by atoms with Crippen molar-refractivity contribution in [3.63, 3.8) is 0 Å². The minimum absolute atomic E-state index is 0.365. The summed E-state index contributed by atoms with van der Waals surface area (Å²) in [4.78, 5) is 0. The smallest absolute Gasteiger partial charge is 0.0247 e. The topological polar surface area (TPSA) is 52.0 Å². The zero-order valence-electron chi connectivity index (χ0n) is 7.03. The SMILES string of the molecule is NC1=CC=C(N)C2CCC=CC12. The summed E-state index contributed by atoms with van der Waals surface area (Å²) in [5, 5.41) is 0. The molecule has 2 aliphatic rings. The van der Waals surface area contributed by atoms with Crippen LogP contribution in [-0.4, -0.2) is 0 Å². The van der Waals surface area contributed by atoms with E-state index in [2.05, 4.69) is 12.2 Å². The van der Waals surface area contributed by atoms with E-state index in [4.69, 9.17) is 11.5 Å². The van der Waals surface area contributed by atoms with Crippen molar-refractivity contribution in [3.05, 3.63) is 35.7 Å². The molecule has 4 N–H and O–H groups in total. The van der Waals surface area contributed by atoms with E-state index in [1.54, 1.807) is 0 Å². The molecule has 0 amide bonds. The summed E-state index contributed by atoms with van der Waals surface area (Å²) in [6.07, 6.45) is 10.5. The van der Waals surface area contributed by atoms with Gasteiger partial charge in [0.05, 0.1) is 0 Å². The average molecular weight is 162 g/mol. The second-order valence-electron chi connectivity index (χ2n) is 3.47. The first-order valence-electron chi connectivity index (χ1n) is 4.38. The van der Waals surface area contributed by atoms with Crippen molar-refractivity contribution in [2.75, 3.05) is 0 Å². The van der Waals surface area contributed by atoms with Crippen LogP contribution in [0, 0.1) is 11.8 Å². The number of allylic oxidation sites excluding steroid dienone is 5. The minimum atomic E-state index is 0.365. The molecule has 2 rings (SSSR count). The Morgan fingerprint density at radius 1 is 1.17 bits per heavy atom. The summed E-state index contributed by atoms with van der Waals surface area (Å²) in [6, 6.07) is 0. The van der Waals surface area contributed by atoms with Crippen LogP contribution in [0.3, 0.4) is 0 Å². The molecule has 0 heterocycles. The van der Waals surface area contributed by atoms with Gasteiger partial charge >= 0.3 is 0 Å². The average Bonchev–Trinajstić information content (AvgIpc) is 2.12. The minimum Gasteiger partial charge on any atom is -0.402 e. The molecular formula is C10H14N2. The van der Waals surface area contributed by atoms with E-state index < -0.39 is 0 Å². The van der Waals surface area contributed by atoms with E-state index in [-0.39, 0.29) is 0 Å². The Morgan fingerprint density at radius 3 is 2.67 bits per heavy atom.